The second kappa shape index (κ2) is 4.62. The predicted octanol–water partition coefficient (Wildman–Crippen LogP) is 1.35. The summed E-state index contributed by atoms with van der Waals surface area (Å²) in [5.74, 6) is 1.58. The van der Waals surface area contributed by atoms with Gasteiger partial charge in [0.05, 0.1) is 20.5 Å². The third kappa shape index (κ3) is 1.78. The minimum absolute atomic E-state index is 0.238. The number of ether oxygens (including phenoxy) is 1. The van der Waals surface area contributed by atoms with Crippen LogP contribution in [0.4, 0.5) is 11.6 Å². The largest absolute Gasteiger partial charge is 0.497 e. The molecule has 2 aromatic rings. The van der Waals surface area contributed by atoms with E-state index >= 15 is 0 Å². The molecular formula is C14H14N4O3. The van der Waals surface area contributed by atoms with Crippen molar-refractivity contribution in [3.05, 3.63) is 45.6 Å². The van der Waals surface area contributed by atoms with Crippen LogP contribution < -0.4 is 15.2 Å². The molecule has 0 aliphatic carbocycles. The van der Waals surface area contributed by atoms with Crippen LogP contribution in [0.25, 0.3) is 5.41 Å². The monoisotopic (exact) mass is 286 g/mol. The van der Waals surface area contributed by atoms with Crippen molar-refractivity contribution in [3.63, 3.8) is 0 Å². The zero-order valence-corrected chi connectivity index (χ0v) is 11.9. The van der Waals surface area contributed by atoms with Crippen LogP contribution in [-0.4, -0.2) is 35.8 Å². The number of aromatic nitrogens is 1. The van der Waals surface area contributed by atoms with E-state index in [0.717, 1.165) is 11.1 Å². The van der Waals surface area contributed by atoms with Crippen LogP contribution in [0.2, 0.25) is 0 Å². The first-order chi connectivity index (χ1) is 10.1. The molecule has 1 aliphatic heterocycles. The molecule has 7 nitrogen and oxygen atoms in total. The van der Waals surface area contributed by atoms with E-state index in [4.69, 9.17) is 9.26 Å². The van der Waals surface area contributed by atoms with Crippen molar-refractivity contribution < 1.29 is 13.8 Å². The van der Waals surface area contributed by atoms with Gasteiger partial charge in [0.2, 0.25) is 0 Å². The number of rotatable bonds is 3. The number of hydrogen-bond donors (Lipinski definition) is 0. The van der Waals surface area contributed by atoms with Gasteiger partial charge in [-0.05, 0) is 35.9 Å². The fourth-order valence-corrected chi connectivity index (χ4v) is 2.35. The molecular weight excluding hydrogens is 272 g/mol. The molecule has 108 valence electrons. The van der Waals surface area contributed by atoms with Crippen LogP contribution in [0.1, 0.15) is 5.56 Å². The zero-order valence-electron chi connectivity index (χ0n) is 11.9. The van der Waals surface area contributed by atoms with Crippen LogP contribution >= 0.6 is 0 Å². The van der Waals surface area contributed by atoms with Crippen molar-refractivity contribution in [1.29, 1.82) is 0 Å². The lowest BCUT2D eigenvalue weighted by Gasteiger charge is -2.15. The molecule has 1 aromatic carbocycles. The Morgan fingerprint density at radius 2 is 2.05 bits per heavy atom. The number of fused-ring (bicyclic) bond motifs is 2. The highest BCUT2D eigenvalue weighted by Gasteiger charge is 2.39. The molecule has 0 unspecified atom stereocenters. The summed E-state index contributed by atoms with van der Waals surface area (Å²) in [7, 11) is 3.34. The van der Waals surface area contributed by atoms with Crippen molar-refractivity contribution in [1.82, 2.24) is 4.74 Å². The lowest BCUT2D eigenvalue weighted by atomic mass is 10.3. The highest BCUT2D eigenvalue weighted by atomic mass is 16.5. The van der Waals surface area contributed by atoms with E-state index < -0.39 is 0 Å². The molecule has 0 N–H and O–H groups in total. The Balaban J connectivity index is 2.08. The quantitative estimate of drug-likeness (QED) is 0.485. The lowest BCUT2D eigenvalue weighted by Crippen LogP contribution is -2.43. The molecule has 3 rings (SSSR count). The van der Waals surface area contributed by atoms with E-state index in [1.807, 2.05) is 0 Å². The SMILES string of the molecule is COc1ccc(N(C=[N-])C2=[N+](C)c3on2c(=O)c3C)cc1. The van der Waals surface area contributed by atoms with Crippen molar-refractivity contribution in [2.45, 2.75) is 6.92 Å². The van der Waals surface area contributed by atoms with Gasteiger partial charge >= 0.3 is 17.4 Å². The number of methoxy groups -OCH3 is 1. The van der Waals surface area contributed by atoms with E-state index in [1.165, 1.54) is 4.90 Å². The summed E-state index contributed by atoms with van der Waals surface area (Å²) in [4.78, 5) is 13.5. The number of hydrogen-bond acceptors (Lipinski definition) is 3. The van der Waals surface area contributed by atoms with Crippen LogP contribution in [0.5, 0.6) is 5.75 Å². The summed E-state index contributed by atoms with van der Waals surface area (Å²) in [6.07, 6.45) is 0.890. The molecule has 0 radical (unpaired) electrons. The van der Waals surface area contributed by atoms with Gasteiger partial charge in [0.15, 0.2) is 0 Å². The highest BCUT2D eigenvalue weighted by Crippen LogP contribution is 2.25. The molecule has 1 aliphatic rings. The van der Waals surface area contributed by atoms with Crippen molar-refractivity contribution in [3.8, 4) is 5.75 Å². The van der Waals surface area contributed by atoms with Crippen molar-refractivity contribution in [2.24, 2.45) is 0 Å². The average molecular weight is 286 g/mol. The van der Waals surface area contributed by atoms with E-state index in [9.17, 15) is 10.2 Å². The molecule has 0 atom stereocenters. The second-order valence-corrected chi connectivity index (χ2v) is 4.66. The number of anilines is 1. The average Bonchev–Trinajstić information content (AvgIpc) is 2.98. The van der Waals surface area contributed by atoms with Gasteiger partial charge in [0.1, 0.15) is 17.0 Å². The maximum Gasteiger partial charge on any atom is 0.412 e. The molecule has 0 saturated heterocycles. The summed E-state index contributed by atoms with van der Waals surface area (Å²) in [6, 6.07) is 7.07. The number of benzene rings is 1. The third-order valence-electron chi connectivity index (χ3n) is 3.47. The smallest absolute Gasteiger partial charge is 0.412 e. The molecule has 7 heteroatoms. The van der Waals surface area contributed by atoms with Crippen LogP contribution in [0, 0.1) is 6.92 Å². The summed E-state index contributed by atoms with van der Waals surface area (Å²) < 4.78 is 13.4. The second-order valence-electron chi connectivity index (χ2n) is 4.66. The van der Waals surface area contributed by atoms with Gasteiger partial charge in [0.25, 0.3) is 0 Å². The standard InChI is InChI=1S/C14H14N4O3/c1-9-12(19)18-14(16(2)13(9)21-18)17(8-15)10-4-6-11(20-3)7-5-10/h4-8H,1-3H3. The Morgan fingerprint density at radius 1 is 1.38 bits per heavy atom. The van der Waals surface area contributed by atoms with Crippen LogP contribution in [-0.2, 0) is 0 Å². The predicted molar refractivity (Wildman–Crippen MR) is 78.9 cm³/mol. The van der Waals surface area contributed by atoms with Gasteiger partial charge in [-0.25, -0.2) is 9.69 Å². The molecule has 1 aromatic heterocycles. The van der Waals surface area contributed by atoms with E-state index in [0.29, 0.717) is 28.8 Å². The van der Waals surface area contributed by atoms with E-state index in [2.05, 4.69) is 0 Å². The van der Waals surface area contributed by atoms with Gasteiger partial charge in [-0.3, -0.25) is 4.52 Å². The van der Waals surface area contributed by atoms with Gasteiger partial charge in [0, 0.05) is 0 Å². The Kier molecular flexibility index (Phi) is 2.90. The van der Waals surface area contributed by atoms with Gasteiger partial charge in [-0.2, -0.15) is 4.58 Å². The maximum atomic E-state index is 12.0. The molecule has 0 saturated carbocycles. The fourth-order valence-electron chi connectivity index (χ4n) is 2.35. The van der Waals surface area contributed by atoms with Gasteiger partial charge < -0.3 is 10.1 Å². The Hall–Kier alpha value is -2.83. The zero-order chi connectivity index (χ0) is 15.1. The maximum absolute atomic E-state index is 12.0. The van der Waals surface area contributed by atoms with Gasteiger partial charge in [-0.15, -0.1) is 0 Å². The summed E-state index contributed by atoms with van der Waals surface area (Å²) in [5, 5.41) is 9.58. The third-order valence-corrected chi connectivity index (χ3v) is 3.47. The van der Waals surface area contributed by atoms with Crippen LogP contribution in [0.3, 0.4) is 0 Å². The van der Waals surface area contributed by atoms with Gasteiger partial charge in [-0.1, -0.05) is 0 Å². The first kappa shape index (κ1) is 13.2. The normalized spacial score (nSPS) is 12.7. The minimum atomic E-state index is -0.238. The lowest BCUT2D eigenvalue weighted by molar-refractivity contribution is -0.415. The van der Waals surface area contributed by atoms with Crippen LogP contribution in [0.15, 0.2) is 33.6 Å². The Bertz CT molecular complexity index is 799. The van der Waals surface area contributed by atoms with E-state index in [-0.39, 0.29) is 5.56 Å². The number of nitrogens with zero attached hydrogens (tertiary/aromatic N) is 4. The van der Waals surface area contributed by atoms with E-state index in [1.54, 1.807) is 49.9 Å². The molecule has 0 amide bonds. The fraction of sp³-hybridized carbons (Fsp3) is 0.214. The summed E-state index contributed by atoms with van der Waals surface area (Å²) >= 11 is 0. The summed E-state index contributed by atoms with van der Waals surface area (Å²) in [5.41, 5.74) is 0.967. The Morgan fingerprint density at radius 3 is 2.57 bits per heavy atom. The molecule has 21 heavy (non-hydrogen) atoms. The molecule has 0 spiro atoms. The summed E-state index contributed by atoms with van der Waals surface area (Å²) in [6.45, 7) is 1.70. The molecule has 2 bridgehead atoms. The first-order valence-electron chi connectivity index (χ1n) is 6.33. The Labute approximate surface area is 120 Å². The van der Waals surface area contributed by atoms with Crippen molar-refractivity contribution >= 4 is 23.9 Å². The minimum Gasteiger partial charge on any atom is -0.497 e. The van der Waals surface area contributed by atoms with Crippen molar-refractivity contribution in [2.75, 3.05) is 19.1 Å². The first-order valence-corrected chi connectivity index (χ1v) is 6.33. The topological polar surface area (TPSA) is 72.9 Å². The highest BCUT2D eigenvalue weighted by molar-refractivity contribution is 6.09. The molecule has 2 heterocycles. The molecule has 0 fully saturated rings.